The van der Waals surface area contributed by atoms with Gasteiger partial charge in [-0.3, -0.25) is 4.79 Å². The molecule has 0 unspecified atom stereocenters. The van der Waals surface area contributed by atoms with Gasteiger partial charge in [-0.05, 0) is 78.4 Å². The third-order valence-electron chi connectivity index (χ3n) is 3.55. The molecule has 0 aliphatic carbocycles. The summed E-state index contributed by atoms with van der Waals surface area (Å²) in [6.07, 6.45) is 1.65. The number of hydrogen-bond acceptors (Lipinski definition) is 4. The molecule has 5 nitrogen and oxygen atoms in total. The first-order valence-electron chi connectivity index (χ1n) is 7.65. The van der Waals surface area contributed by atoms with E-state index in [0.717, 1.165) is 19.4 Å². The quantitative estimate of drug-likeness (QED) is 0.386. The second-order valence-electron chi connectivity index (χ2n) is 5.30. The molecule has 1 heterocycles. The minimum atomic E-state index is -0.194. The Hall–Kier alpha value is -1.74. The molecule has 0 saturated carbocycles. The van der Waals surface area contributed by atoms with E-state index < -0.39 is 0 Å². The topological polar surface area (TPSA) is 56.5 Å². The van der Waals surface area contributed by atoms with E-state index in [1.54, 1.807) is 19.2 Å². The van der Waals surface area contributed by atoms with Gasteiger partial charge in [0.25, 0.3) is 5.56 Å². The molecule has 0 bridgehead atoms. The van der Waals surface area contributed by atoms with Crippen molar-refractivity contribution >= 4 is 55.6 Å². The van der Waals surface area contributed by atoms with E-state index >= 15 is 0 Å². The molecule has 0 N–H and O–H groups in total. The Bertz CT molecular complexity index is 1030. The van der Waals surface area contributed by atoms with Crippen molar-refractivity contribution in [2.24, 2.45) is 5.10 Å². The molecule has 128 valence electrons. The first-order chi connectivity index (χ1) is 12.0. The monoisotopic (exact) mass is 511 g/mol. The molecule has 2 aromatic carbocycles. The minimum absolute atomic E-state index is 0.194. The van der Waals surface area contributed by atoms with Gasteiger partial charge in [0.1, 0.15) is 11.6 Å². The van der Waals surface area contributed by atoms with Gasteiger partial charge < -0.3 is 4.74 Å². The number of nitrogens with zero attached hydrogens (tertiary/aromatic N) is 3. The van der Waals surface area contributed by atoms with E-state index in [1.165, 1.54) is 4.68 Å². The van der Waals surface area contributed by atoms with E-state index in [0.29, 0.717) is 23.3 Å². The van der Waals surface area contributed by atoms with Gasteiger partial charge in [-0.15, -0.1) is 0 Å². The van der Waals surface area contributed by atoms with Crippen molar-refractivity contribution in [3.05, 3.63) is 66.2 Å². The largest absolute Gasteiger partial charge is 0.493 e. The molecule has 25 heavy (non-hydrogen) atoms. The zero-order valence-electron chi connectivity index (χ0n) is 13.7. The van der Waals surface area contributed by atoms with Gasteiger partial charge in [-0.1, -0.05) is 15.9 Å². The summed E-state index contributed by atoms with van der Waals surface area (Å²) in [5, 5.41) is 4.86. The summed E-state index contributed by atoms with van der Waals surface area (Å²) in [6, 6.07) is 11.2. The SMILES string of the molecule is CCOc1ccc(C=Nn2c(C)nc3ccc(Br)cc3c2=O)cc1I. The lowest BCUT2D eigenvalue weighted by atomic mass is 10.2. The highest BCUT2D eigenvalue weighted by Crippen LogP contribution is 2.21. The first kappa shape index (κ1) is 18.1. The van der Waals surface area contributed by atoms with Crippen LogP contribution in [0.4, 0.5) is 0 Å². The van der Waals surface area contributed by atoms with Crippen molar-refractivity contribution in [2.45, 2.75) is 13.8 Å². The molecule has 3 rings (SSSR count). The summed E-state index contributed by atoms with van der Waals surface area (Å²) in [4.78, 5) is 17.1. The van der Waals surface area contributed by atoms with Gasteiger partial charge in [0.2, 0.25) is 0 Å². The maximum Gasteiger partial charge on any atom is 0.282 e. The zero-order valence-corrected chi connectivity index (χ0v) is 17.4. The Morgan fingerprint density at radius 3 is 2.84 bits per heavy atom. The zero-order chi connectivity index (χ0) is 18.0. The van der Waals surface area contributed by atoms with E-state index in [1.807, 2.05) is 37.3 Å². The lowest BCUT2D eigenvalue weighted by Crippen LogP contribution is -2.20. The molecule has 0 atom stereocenters. The fourth-order valence-electron chi connectivity index (χ4n) is 2.39. The summed E-state index contributed by atoms with van der Waals surface area (Å²) in [6.45, 7) is 4.34. The number of aromatic nitrogens is 2. The van der Waals surface area contributed by atoms with Crippen LogP contribution in [-0.2, 0) is 0 Å². The van der Waals surface area contributed by atoms with Crippen LogP contribution in [0, 0.1) is 10.5 Å². The third-order valence-corrected chi connectivity index (χ3v) is 4.88. The van der Waals surface area contributed by atoms with E-state index in [9.17, 15) is 4.79 Å². The van der Waals surface area contributed by atoms with Gasteiger partial charge >= 0.3 is 0 Å². The summed E-state index contributed by atoms with van der Waals surface area (Å²) in [5.74, 6) is 1.38. The molecule has 1 aromatic heterocycles. The Labute approximate surface area is 167 Å². The van der Waals surface area contributed by atoms with Gasteiger partial charge in [0.05, 0.1) is 27.3 Å². The van der Waals surface area contributed by atoms with Gasteiger partial charge in [0, 0.05) is 4.47 Å². The molecule has 7 heteroatoms. The second kappa shape index (κ2) is 7.65. The summed E-state index contributed by atoms with van der Waals surface area (Å²) < 4.78 is 8.67. The van der Waals surface area contributed by atoms with Crippen molar-refractivity contribution in [2.75, 3.05) is 6.61 Å². The predicted octanol–water partition coefficient (Wildman–Crippen LogP) is 4.35. The van der Waals surface area contributed by atoms with Crippen LogP contribution >= 0.6 is 38.5 Å². The molecule has 0 aliphatic rings. The number of fused-ring (bicyclic) bond motifs is 1. The number of halogens is 2. The highest BCUT2D eigenvalue weighted by molar-refractivity contribution is 14.1. The van der Waals surface area contributed by atoms with Crippen molar-refractivity contribution in [3.63, 3.8) is 0 Å². The molecule has 0 saturated heterocycles. The average molecular weight is 512 g/mol. The summed E-state index contributed by atoms with van der Waals surface area (Å²) in [7, 11) is 0. The van der Waals surface area contributed by atoms with Crippen molar-refractivity contribution in [1.29, 1.82) is 0 Å². The van der Waals surface area contributed by atoms with E-state index in [-0.39, 0.29) is 5.56 Å². The molecule has 0 aliphatic heterocycles. The maximum atomic E-state index is 12.7. The van der Waals surface area contributed by atoms with Crippen LogP contribution in [0.1, 0.15) is 18.3 Å². The molecule has 0 spiro atoms. The van der Waals surface area contributed by atoms with Crippen LogP contribution in [0.3, 0.4) is 0 Å². The van der Waals surface area contributed by atoms with Crippen LogP contribution in [0.2, 0.25) is 0 Å². The minimum Gasteiger partial charge on any atom is -0.493 e. The summed E-state index contributed by atoms with van der Waals surface area (Å²) in [5.41, 5.74) is 1.35. The van der Waals surface area contributed by atoms with Crippen molar-refractivity contribution < 1.29 is 4.74 Å². The Morgan fingerprint density at radius 1 is 1.32 bits per heavy atom. The van der Waals surface area contributed by atoms with Crippen LogP contribution in [0.15, 0.2) is 50.8 Å². The number of benzene rings is 2. The van der Waals surface area contributed by atoms with Crippen LogP contribution in [-0.4, -0.2) is 22.5 Å². The number of hydrogen-bond donors (Lipinski definition) is 0. The smallest absolute Gasteiger partial charge is 0.282 e. The Balaban J connectivity index is 2.01. The summed E-state index contributed by atoms with van der Waals surface area (Å²) >= 11 is 5.61. The first-order valence-corrected chi connectivity index (χ1v) is 9.52. The molecule has 0 fully saturated rings. The number of ether oxygens (including phenoxy) is 1. The van der Waals surface area contributed by atoms with E-state index in [2.05, 4.69) is 48.6 Å². The number of rotatable bonds is 4. The third kappa shape index (κ3) is 3.92. The fourth-order valence-corrected chi connectivity index (χ4v) is 3.45. The second-order valence-corrected chi connectivity index (χ2v) is 7.38. The van der Waals surface area contributed by atoms with Crippen LogP contribution < -0.4 is 10.3 Å². The fraction of sp³-hybridized carbons (Fsp3) is 0.167. The maximum absolute atomic E-state index is 12.7. The van der Waals surface area contributed by atoms with Gasteiger partial charge in [0.15, 0.2) is 0 Å². The molecule has 3 aromatic rings. The van der Waals surface area contributed by atoms with Crippen molar-refractivity contribution in [3.8, 4) is 5.75 Å². The average Bonchev–Trinajstić information content (AvgIpc) is 2.58. The Kier molecular flexibility index (Phi) is 5.53. The van der Waals surface area contributed by atoms with Gasteiger partial charge in [-0.2, -0.15) is 9.78 Å². The standard InChI is InChI=1S/C18H15BrIN3O2/c1-3-25-17-7-4-12(8-15(17)20)10-21-23-11(2)22-16-6-5-13(19)9-14(16)18(23)24/h4-10H,3H2,1-2H3. The lowest BCUT2D eigenvalue weighted by molar-refractivity contribution is 0.338. The molecular weight excluding hydrogens is 497 g/mol. The van der Waals surface area contributed by atoms with Gasteiger partial charge in [-0.25, -0.2) is 4.98 Å². The molecular formula is C18H15BrIN3O2. The van der Waals surface area contributed by atoms with E-state index in [4.69, 9.17) is 4.74 Å². The highest BCUT2D eigenvalue weighted by atomic mass is 127. The molecule has 0 radical (unpaired) electrons. The Morgan fingerprint density at radius 2 is 2.12 bits per heavy atom. The van der Waals surface area contributed by atoms with Crippen LogP contribution in [0.5, 0.6) is 5.75 Å². The molecule has 0 amide bonds. The normalized spacial score (nSPS) is 11.4. The number of aryl methyl sites for hydroxylation is 1. The highest BCUT2D eigenvalue weighted by Gasteiger charge is 2.08. The predicted molar refractivity (Wildman–Crippen MR) is 112 cm³/mol. The lowest BCUT2D eigenvalue weighted by Gasteiger charge is -2.07. The van der Waals surface area contributed by atoms with Crippen molar-refractivity contribution in [1.82, 2.24) is 9.66 Å². The van der Waals surface area contributed by atoms with Crippen LogP contribution in [0.25, 0.3) is 10.9 Å².